The summed E-state index contributed by atoms with van der Waals surface area (Å²) in [5, 5.41) is 2.97. The van der Waals surface area contributed by atoms with Gasteiger partial charge in [-0.2, -0.15) is 4.31 Å². The zero-order valence-corrected chi connectivity index (χ0v) is 20.6. The lowest BCUT2D eigenvalue weighted by atomic mass is 10.2. The Morgan fingerprint density at radius 2 is 1.64 bits per heavy atom. The van der Waals surface area contributed by atoms with Crippen molar-refractivity contribution in [1.82, 2.24) is 4.31 Å². The van der Waals surface area contributed by atoms with Gasteiger partial charge in [0.25, 0.3) is 5.91 Å². The second-order valence-electron chi connectivity index (χ2n) is 8.15. The molecule has 0 aliphatic carbocycles. The lowest BCUT2D eigenvalue weighted by Crippen LogP contribution is -2.45. The molecular formula is C25H21ClFN3O5S. The number of nitrogens with zero attached hydrogens (tertiary/aromatic N) is 2. The SMILES string of the molecule is CC(=O)Nc1ccc(S(=O)(=O)N(Cc2ccc(F)cc2)C2CC(=O)N(c3ccc(Cl)cc3)C2=O)cc1. The Morgan fingerprint density at radius 3 is 2.22 bits per heavy atom. The first-order valence-electron chi connectivity index (χ1n) is 10.8. The van der Waals surface area contributed by atoms with Crippen LogP contribution in [-0.2, 0) is 31.0 Å². The van der Waals surface area contributed by atoms with Crippen LogP contribution < -0.4 is 10.2 Å². The van der Waals surface area contributed by atoms with Crippen LogP contribution in [-0.4, -0.2) is 36.5 Å². The van der Waals surface area contributed by atoms with Gasteiger partial charge in [-0.05, 0) is 66.2 Å². The minimum atomic E-state index is -4.30. The minimum absolute atomic E-state index is 0.135. The van der Waals surface area contributed by atoms with E-state index in [1.807, 2.05) is 0 Å². The molecule has 36 heavy (non-hydrogen) atoms. The van der Waals surface area contributed by atoms with Crippen molar-refractivity contribution in [3.05, 3.63) is 89.2 Å². The van der Waals surface area contributed by atoms with Gasteiger partial charge in [0, 0.05) is 24.2 Å². The summed E-state index contributed by atoms with van der Waals surface area (Å²) in [6, 6.07) is 15.4. The van der Waals surface area contributed by atoms with Crippen molar-refractivity contribution >= 4 is 50.7 Å². The number of carbonyl (C=O) groups excluding carboxylic acids is 3. The number of anilines is 2. The average Bonchev–Trinajstić information content (AvgIpc) is 3.12. The second-order valence-corrected chi connectivity index (χ2v) is 10.5. The van der Waals surface area contributed by atoms with Crippen molar-refractivity contribution < 1.29 is 27.2 Å². The summed E-state index contributed by atoms with van der Waals surface area (Å²) in [7, 11) is -4.30. The summed E-state index contributed by atoms with van der Waals surface area (Å²) in [5.41, 5.74) is 1.10. The van der Waals surface area contributed by atoms with Gasteiger partial charge in [-0.1, -0.05) is 23.7 Å². The van der Waals surface area contributed by atoms with Crippen molar-refractivity contribution in [2.45, 2.75) is 30.8 Å². The molecule has 0 bridgehead atoms. The van der Waals surface area contributed by atoms with Crippen LogP contribution in [0.5, 0.6) is 0 Å². The highest BCUT2D eigenvalue weighted by Gasteiger charge is 2.47. The maximum absolute atomic E-state index is 13.7. The molecular weight excluding hydrogens is 509 g/mol. The van der Waals surface area contributed by atoms with E-state index in [9.17, 15) is 27.2 Å². The Hall–Kier alpha value is -3.60. The molecule has 0 saturated carbocycles. The molecule has 3 amide bonds. The van der Waals surface area contributed by atoms with E-state index in [0.717, 1.165) is 9.21 Å². The van der Waals surface area contributed by atoms with Gasteiger partial charge in [0.05, 0.1) is 17.0 Å². The first kappa shape index (κ1) is 25.5. The van der Waals surface area contributed by atoms with E-state index >= 15 is 0 Å². The summed E-state index contributed by atoms with van der Waals surface area (Å²) in [6.45, 7) is 1.05. The molecule has 3 aromatic rings. The first-order chi connectivity index (χ1) is 17.1. The number of halogens is 2. The molecule has 0 spiro atoms. The molecule has 1 fully saturated rings. The zero-order chi connectivity index (χ0) is 26.0. The van der Waals surface area contributed by atoms with Gasteiger partial charge in [0.2, 0.25) is 21.8 Å². The molecule has 11 heteroatoms. The highest BCUT2D eigenvalue weighted by atomic mass is 35.5. The van der Waals surface area contributed by atoms with E-state index in [1.54, 1.807) is 0 Å². The highest BCUT2D eigenvalue weighted by molar-refractivity contribution is 7.89. The molecule has 1 aliphatic rings. The summed E-state index contributed by atoms with van der Waals surface area (Å²) < 4.78 is 41.9. The Kier molecular flexibility index (Phi) is 7.21. The summed E-state index contributed by atoms with van der Waals surface area (Å²) in [4.78, 5) is 38.3. The third kappa shape index (κ3) is 5.30. The average molecular weight is 530 g/mol. The van der Waals surface area contributed by atoms with Crippen molar-refractivity contribution in [2.75, 3.05) is 10.2 Å². The number of carbonyl (C=O) groups is 3. The molecule has 1 saturated heterocycles. The number of amides is 3. The fourth-order valence-electron chi connectivity index (χ4n) is 3.88. The predicted octanol–water partition coefficient (Wildman–Crippen LogP) is 3.96. The van der Waals surface area contributed by atoms with Crippen molar-refractivity contribution in [2.24, 2.45) is 0 Å². The Labute approximate surface area is 212 Å². The number of nitrogens with one attached hydrogen (secondary N) is 1. The van der Waals surface area contributed by atoms with Gasteiger partial charge < -0.3 is 5.32 Å². The molecule has 186 valence electrons. The van der Waals surface area contributed by atoms with Gasteiger partial charge in [-0.25, -0.2) is 17.7 Å². The van der Waals surface area contributed by atoms with Crippen molar-refractivity contribution in [3.8, 4) is 0 Å². The van der Waals surface area contributed by atoms with Crippen molar-refractivity contribution in [3.63, 3.8) is 0 Å². The topological polar surface area (TPSA) is 104 Å². The number of hydrogen-bond donors (Lipinski definition) is 1. The van der Waals surface area contributed by atoms with Crippen LogP contribution >= 0.6 is 11.6 Å². The maximum atomic E-state index is 13.7. The van der Waals surface area contributed by atoms with Gasteiger partial charge >= 0.3 is 0 Å². The van der Waals surface area contributed by atoms with Crippen LogP contribution in [0.3, 0.4) is 0 Å². The molecule has 3 aromatic carbocycles. The van der Waals surface area contributed by atoms with E-state index in [2.05, 4.69) is 5.32 Å². The number of hydrogen-bond acceptors (Lipinski definition) is 5. The molecule has 1 heterocycles. The largest absolute Gasteiger partial charge is 0.326 e. The van der Waals surface area contributed by atoms with Crippen LogP contribution in [0.4, 0.5) is 15.8 Å². The molecule has 1 atom stereocenters. The van der Waals surface area contributed by atoms with E-state index in [0.29, 0.717) is 16.3 Å². The number of benzene rings is 3. The van der Waals surface area contributed by atoms with Crippen LogP contribution in [0.25, 0.3) is 0 Å². The van der Waals surface area contributed by atoms with Crippen LogP contribution in [0.2, 0.25) is 5.02 Å². The maximum Gasteiger partial charge on any atom is 0.252 e. The number of sulfonamides is 1. The third-order valence-electron chi connectivity index (χ3n) is 5.59. The Balaban J connectivity index is 1.72. The van der Waals surface area contributed by atoms with Gasteiger partial charge in [-0.3, -0.25) is 14.4 Å². The minimum Gasteiger partial charge on any atom is -0.326 e. The molecule has 1 N–H and O–H groups in total. The smallest absolute Gasteiger partial charge is 0.252 e. The third-order valence-corrected chi connectivity index (χ3v) is 7.71. The Bertz CT molecular complexity index is 1410. The second kappa shape index (κ2) is 10.2. The van der Waals surface area contributed by atoms with Gasteiger partial charge in [-0.15, -0.1) is 0 Å². The fourth-order valence-corrected chi connectivity index (χ4v) is 5.58. The van der Waals surface area contributed by atoms with Crippen molar-refractivity contribution in [1.29, 1.82) is 0 Å². The lowest BCUT2D eigenvalue weighted by Gasteiger charge is -2.27. The first-order valence-corrected chi connectivity index (χ1v) is 12.6. The molecule has 0 aromatic heterocycles. The standard InChI is InChI=1S/C25H21ClFN3O5S/c1-16(31)28-20-8-12-22(13-9-20)36(34,35)29(15-17-2-6-19(27)7-3-17)23-14-24(32)30(25(23)33)21-10-4-18(26)5-11-21/h2-13,23H,14-15H2,1H3,(H,28,31). The van der Waals surface area contributed by atoms with E-state index < -0.39 is 33.7 Å². The number of imide groups is 1. The zero-order valence-electron chi connectivity index (χ0n) is 19.0. The van der Waals surface area contributed by atoms with Crippen LogP contribution in [0.1, 0.15) is 18.9 Å². The monoisotopic (exact) mass is 529 g/mol. The molecule has 0 radical (unpaired) electrons. The molecule has 4 rings (SSSR count). The highest BCUT2D eigenvalue weighted by Crippen LogP contribution is 2.31. The van der Waals surface area contributed by atoms with Crippen LogP contribution in [0, 0.1) is 5.82 Å². The predicted molar refractivity (Wildman–Crippen MR) is 132 cm³/mol. The van der Waals surface area contributed by atoms with Crippen LogP contribution in [0.15, 0.2) is 77.7 Å². The summed E-state index contributed by atoms with van der Waals surface area (Å²) >= 11 is 5.91. The van der Waals surface area contributed by atoms with E-state index in [4.69, 9.17) is 11.6 Å². The molecule has 1 unspecified atom stereocenters. The van der Waals surface area contributed by atoms with E-state index in [1.165, 1.54) is 79.7 Å². The lowest BCUT2D eigenvalue weighted by molar-refractivity contribution is -0.122. The quantitative estimate of drug-likeness (QED) is 0.467. The number of rotatable bonds is 7. The summed E-state index contributed by atoms with van der Waals surface area (Å²) in [5.74, 6) is -2.08. The Morgan fingerprint density at radius 1 is 1.03 bits per heavy atom. The normalized spacial score (nSPS) is 16.0. The van der Waals surface area contributed by atoms with Gasteiger partial charge in [0.1, 0.15) is 11.9 Å². The van der Waals surface area contributed by atoms with E-state index in [-0.39, 0.29) is 29.5 Å². The molecule has 1 aliphatic heterocycles. The summed E-state index contributed by atoms with van der Waals surface area (Å²) in [6.07, 6.45) is -0.369. The van der Waals surface area contributed by atoms with Gasteiger partial charge in [0.15, 0.2) is 0 Å². The fraction of sp³-hybridized carbons (Fsp3) is 0.160. The molecule has 8 nitrogen and oxygen atoms in total.